The van der Waals surface area contributed by atoms with Crippen molar-refractivity contribution in [2.45, 2.75) is 44.7 Å². The lowest BCUT2D eigenvalue weighted by atomic mass is 9.95. The van der Waals surface area contributed by atoms with Gasteiger partial charge in [-0.1, -0.05) is 44.2 Å². The summed E-state index contributed by atoms with van der Waals surface area (Å²) in [6, 6.07) is 12.8. The van der Waals surface area contributed by atoms with E-state index in [1.165, 1.54) is 5.56 Å². The SMILES string of the molecule is CCC(C)c1ccc(C(NC(=O)CC2COCCN2)c2cccs2)cc1.Cl. The quantitative estimate of drug-likeness (QED) is 0.719. The maximum Gasteiger partial charge on any atom is 0.222 e. The first-order valence-corrected chi connectivity index (χ1v) is 10.3. The van der Waals surface area contributed by atoms with E-state index in [2.05, 4.69) is 60.2 Å². The minimum absolute atomic E-state index is 0. The summed E-state index contributed by atoms with van der Waals surface area (Å²) in [4.78, 5) is 13.8. The van der Waals surface area contributed by atoms with Crippen LogP contribution >= 0.6 is 23.7 Å². The molecule has 0 saturated carbocycles. The van der Waals surface area contributed by atoms with Crippen LogP contribution in [0.15, 0.2) is 41.8 Å². The Morgan fingerprint density at radius 2 is 2.04 bits per heavy atom. The summed E-state index contributed by atoms with van der Waals surface area (Å²) in [5.41, 5.74) is 2.47. The van der Waals surface area contributed by atoms with Crippen molar-refractivity contribution in [2.24, 2.45) is 0 Å². The van der Waals surface area contributed by atoms with Gasteiger partial charge in [-0.05, 0) is 34.9 Å². The summed E-state index contributed by atoms with van der Waals surface area (Å²) < 4.78 is 5.45. The van der Waals surface area contributed by atoms with Crippen molar-refractivity contribution in [1.82, 2.24) is 10.6 Å². The maximum atomic E-state index is 12.6. The number of thiophene rings is 1. The molecular weight excluding hydrogens is 380 g/mol. The normalized spacial score (nSPS) is 19.0. The lowest BCUT2D eigenvalue weighted by Crippen LogP contribution is -2.44. The topological polar surface area (TPSA) is 50.4 Å². The van der Waals surface area contributed by atoms with Crippen LogP contribution in [0.1, 0.15) is 54.7 Å². The molecule has 0 bridgehead atoms. The van der Waals surface area contributed by atoms with Crippen LogP contribution in [0.5, 0.6) is 0 Å². The minimum atomic E-state index is -0.0991. The first kappa shape index (κ1) is 21.9. The molecule has 1 aromatic heterocycles. The van der Waals surface area contributed by atoms with Crippen molar-refractivity contribution in [2.75, 3.05) is 19.8 Å². The number of carbonyl (C=O) groups is 1. The molecule has 2 aromatic rings. The number of morpholine rings is 1. The van der Waals surface area contributed by atoms with Gasteiger partial charge in [0.1, 0.15) is 0 Å². The van der Waals surface area contributed by atoms with E-state index in [-0.39, 0.29) is 30.4 Å². The van der Waals surface area contributed by atoms with Gasteiger partial charge in [0.2, 0.25) is 5.91 Å². The average molecular weight is 409 g/mol. The Labute approximate surface area is 172 Å². The molecule has 0 radical (unpaired) electrons. The molecule has 1 aliphatic rings. The smallest absolute Gasteiger partial charge is 0.222 e. The zero-order valence-electron chi connectivity index (χ0n) is 15.9. The van der Waals surface area contributed by atoms with Crippen molar-refractivity contribution in [1.29, 1.82) is 0 Å². The number of nitrogens with one attached hydrogen (secondary N) is 2. The first-order chi connectivity index (χ1) is 12.7. The third-order valence-corrected chi connectivity index (χ3v) is 5.95. The number of benzene rings is 1. The van der Waals surface area contributed by atoms with Gasteiger partial charge >= 0.3 is 0 Å². The second-order valence-corrected chi connectivity index (χ2v) is 7.90. The molecule has 3 atom stereocenters. The summed E-state index contributed by atoms with van der Waals surface area (Å²) in [6.45, 7) is 6.57. The molecule has 148 valence electrons. The highest BCUT2D eigenvalue weighted by atomic mass is 35.5. The van der Waals surface area contributed by atoms with E-state index in [1.807, 2.05) is 6.07 Å². The third kappa shape index (κ3) is 6.04. The van der Waals surface area contributed by atoms with Crippen LogP contribution in [0.4, 0.5) is 0 Å². The molecule has 2 heterocycles. The molecule has 1 fully saturated rings. The number of amides is 1. The number of hydrogen-bond acceptors (Lipinski definition) is 4. The van der Waals surface area contributed by atoms with E-state index in [1.54, 1.807) is 11.3 Å². The molecule has 6 heteroatoms. The summed E-state index contributed by atoms with van der Waals surface area (Å²) in [5.74, 6) is 0.605. The predicted octanol–water partition coefficient (Wildman–Crippen LogP) is 4.27. The molecule has 1 saturated heterocycles. The highest BCUT2D eigenvalue weighted by molar-refractivity contribution is 7.10. The monoisotopic (exact) mass is 408 g/mol. The number of rotatable bonds is 7. The second kappa shape index (κ2) is 10.8. The van der Waals surface area contributed by atoms with Gasteiger partial charge in [-0.2, -0.15) is 0 Å². The van der Waals surface area contributed by atoms with Crippen molar-refractivity contribution in [3.05, 3.63) is 57.8 Å². The van der Waals surface area contributed by atoms with Crippen LogP contribution in [0.25, 0.3) is 0 Å². The Morgan fingerprint density at radius 3 is 2.63 bits per heavy atom. The van der Waals surface area contributed by atoms with Crippen molar-refractivity contribution in [3.8, 4) is 0 Å². The van der Waals surface area contributed by atoms with E-state index in [9.17, 15) is 4.79 Å². The predicted molar refractivity (Wildman–Crippen MR) is 114 cm³/mol. The highest BCUT2D eigenvalue weighted by Gasteiger charge is 2.22. The van der Waals surface area contributed by atoms with Crippen LogP contribution in [-0.2, 0) is 9.53 Å². The lowest BCUT2D eigenvalue weighted by molar-refractivity contribution is -0.122. The summed E-state index contributed by atoms with van der Waals surface area (Å²) >= 11 is 1.67. The van der Waals surface area contributed by atoms with Gasteiger partial charge < -0.3 is 15.4 Å². The maximum absolute atomic E-state index is 12.6. The molecule has 4 nitrogen and oxygen atoms in total. The Bertz CT molecular complexity index is 685. The molecule has 3 unspecified atom stereocenters. The number of hydrogen-bond donors (Lipinski definition) is 2. The van der Waals surface area contributed by atoms with Gasteiger partial charge in [0.15, 0.2) is 0 Å². The van der Waals surface area contributed by atoms with Gasteiger partial charge in [0, 0.05) is 23.9 Å². The van der Waals surface area contributed by atoms with Gasteiger partial charge in [-0.25, -0.2) is 0 Å². The van der Waals surface area contributed by atoms with Crippen LogP contribution in [0.3, 0.4) is 0 Å². The fourth-order valence-corrected chi connectivity index (χ4v) is 4.02. The molecule has 3 rings (SSSR count). The number of ether oxygens (including phenoxy) is 1. The van der Waals surface area contributed by atoms with E-state index < -0.39 is 0 Å². The Kier molecular flexibility index (Phi) is 8.77. The standard InChI is InChI=1S/C21H28N2O2S.ClH/c1-3-15(2)16-6-8-17(9-7-16)21(19-5-4-12-26-19)23-20(24)13-18-14-25-11-10-22-18;/h4-9,12,15,18,21-22H,3,10-11,13-14H2,1-2H3,(H,23,24);1H. The third-order valence-electron chi connectivity index (χ3n) is 5.01. The van der Waals surface area contributed by atoms with Gasteiger partial charge in [0.25, 0.3) is 0 Å². The molecule has 1 aliphatic heterocycles. The summed E-state index contributed by atoms with van der Waals surface area (Å²) in [6.07, 6.45) is 1.56. The van der Waals surface area contributed by atoms with Crippen molar-refractivity contribution in [3.63, 3.8) is 0 Å². The van der Waals surface area contributed by atoms with Crippen LogP contribution < -0.4 is 10.6 Å². The first-order valence-electron chi connectivity index (χ1n) is 9.41. The van der Waals surface area contributed by atoms with Crippen LogP contribution in [0, 0.1) is 0 Å². The second-order valence-electron chi connectivity index (χ2n) is 6.92. The fourth-order valence-electron chi connectivity index (χ4n) is 3.22. The minimum Gasteiger partial charge on any atom is -0.378 e. The lowest BCUT2D eigenvalue weighted by Gasteiger charge is -2.25. The van der Waals surface area contributed by atoms with Gasteiger partial charge in [-0.3, -0.25) is 4.79 Å². The Hall–Kier alpha value is -1.40. The molecule has 2 N–H and O–H groups in total. The summed E-state index contributed by atoms with van der Waals surface area (Å²) in [7, 11) is 0. The molecule has 1 amide bonds. The van der Waals surface area contributed by atoms with E-state index in [0.29, 0.717) is 18.9 Å². The fraction of sp³-hybridized carbons (Fsp3) is 0.476. The van der Waals surface area contributed by atoms with Crippen LogP contribution in [-0.4, -0.2) is 31.7 Å². The average Bonchev–Trinajstić information content (AvgIpc) is 3.21. The molecule has 27 heavy (non-hydrogen) atoms. The highest BCUT2D eigenvalue weighted by Crippen LogP contribution is 2.28. The van der Waals surface area contributed by atoms with Crippen molar-refractivity contribution < 1.29 is 9.53 Å². The molecule has 0 aliphatic carbocycles. The summed E-state index contributed by atoms with van der Waals surface area (Å²) in [5, 5.41) is 8.62. The zero-order valence-corrected chi connectivity index (χ0v) is 17.6. The largest absolute Gasteiger partial charge is 0.378 e. The zero-order chi connectivity index (χ0) is 18.4. The van der Waals surface area contributed by atoms with Crippen molar-refractivity contribution >= 4 is 29.7 Å². The molecular formula is C21H29ClN2O2S. The van der Waals surface area contributed by atoms with E-state index in [0.717, 1.165) is 30.0 Å². The van der Waals surface area contributed by atoms with E-state index >= 15 is 0 Å². The number of halogens is 1. The van der Waals surface area contributed by atoms with Gasteiger partial charge in [-0.15, -0.1) is 23.7 Å². The van der Waals surface area contributed by atoms with E-state index in [4.69, 9.17) is 4.74 Å². The Balaban J connectivity index is 0.00000261. The van der Waals surface area contributed by atoms with Gasteiger partial charge in [0.05, 0.1) is 19.3 Å². The van der Waals surface area contributed by atoms with Crippen LogP contribution in [0.2, 0.25) is 0 Å². The molecule has 1 aromatic carbocycles. The Morgan fingerprint density at radius 1 is 1.30 bits per heavy atom. The molecule has 0 spiro atoms. The number of carbonyl (C=O) groups excluding carboxylic acids is 1.